The second kappa shape index (κ2) is 5.73. The van der Waals surface area contributed by atoms with E-state index in [2.05, 4.69) is 5.32 Å². The number of hydrogen-bond donors (Lipinski definition) is 1. The molecule has 0 radical (unpaired) electrons. The third-order valence-electron chi connectivity index (χ3n) is 2.99. The SMILES string of the molecule is CC(C)CNC(=O)Cn1ccc2cc([N+](=O)[O-])ccc21. The first-order valence-electron chi connectivity index (χ1n) is 6.47. The molecule has 1 amide bonds. The Kier molecular flexibility index (Phi) is 4.02. The third-order valence-corrected chi connectivity index (χ3v) is 2.99. The number of fused-ring (bicyclic) bond motifs is 1. The summed E-state index contributed by atoms with van der Waals surface area (Å²) in [6.45, 7) is 4.92. The maximum atomic E-state index is 11.8. The minimum atomic E-state index is -0.424. The average Bonchev–Trinajstić information content (AvgIpc) is 2.79. The van der Waals surface area contributed by atoms with Crippen LogP contribution in [0.2, 0.25) is 0 Å². The van der Waals surface area contributed by atoms with Gasteiger partial charge in [-0.15, -0.1) is 0 Å². The first kappa shape index (κ1) is 14.0. The molecule has 1 heterocycles. The highest BCUT2D eigenvalue weighted by molar-refractivity contribution is 5.85. The summed E-state index contributed by atoms with van der Waals surface area (Å²) in [5.74, 6) is 0.345. The quantitative estimate of drug-likeness (QED) is 0.672. The van der Waals surface area contributed by atoms with Crippen molar-refractivity contribution in [2.24, 2.45) is 5.92 Å². The number of rotatable bonds is 5. The summed E-state index contributed by atoms with van der Waals surface area (Å²) in [5.41, 5.74) is 0.870. The molecule has 2 rings (SSSR count). The Labute approximate surface area is 116 Å². The van der Waals surface area contributed by atoms with Crippen LogP contribution in [0.15, 0.2) is 30.5 Å². The van der Waals surface area contributed by atoms with Gasteiger partial charge in [0.05, 0.1) is 4.92 Å². The number of nitro benzene ring substituents is 1. The van der Waals surface area contributed by atoms with Gasteiger partial charge in [0, 0.05) is 35.8 Å². The van der Waals surface area contributed by atoms with Gasteiger partial charge < -0.3 is 9.88 Å². The highest BCUT2D eigenvalue weighted by Crippen LogP contribution is 2.21. The Morgan fingerprint density at radius 1 is 1.40 bits per heavy atom. The lowest BCUT2D eigenvalue weighted by Crippen LogP contribution is -2.30. The van der Waals surface area contributed by atoms with E-state index in [0.29, 0.717) is 12.5 Å². The van der Waals surface area contributed by atoms with Crippen molar-refractivity contribution in [3.8, 4) is 0 Å². The van der Waals surface area contributed by atoms with Crippen LogP contribution in [0.4, 0.5) is 5.69 Å². The molecule has 106 valence electrons. The molecule has 1 aromatic heterocycles. The highest BCUT2D eigenvalue weighted by Gasteiger charge is 2.10. The maximum absolute atomic E-state index is 11.8. The minimum absolute atomic E-state index is 0.0551. The highest BCUT2D eigenvalue weighted by atomic mass is 16.6. The van der Waals surface area contributed by atoms with E-state index in [1.807, 2.05) is 13.8 Å². The first-order valence-corrected chi connectivity index (χ1v) is 6.47. The summed E-state index contributed by atoms with van der Waals surface area (Å²) in [5, 5.41) is 14.3. The summed E-state index contributed by atoms with van der Waals surface area (Å²) < 4.78 is 1.79. The largest absolute Gasteiger partial charge is 0.354 e. The van der Waals surface area contributed by atoms with Gasteiger partial charge in [-0.3, -0.25) is 14.9 Å². The number of hydrogen-bond acceptors (Lipinski definition) is 3. The predicted octanol–water partition coefficient (Wildman–Crippen LogP) is 2.32. The summed E-state index contributed by atoms with van der Waals surface area (Å²) in [4.78, 5) is 22.1. The number of carbonyl (C=O) groups excluding carboxylic acids is 1. The molecule has 1 aromatic carbocycles. The minimum Gasteiger partial charge on any atom is -0.354 e. The van der Waals surface area contributed by atoms with E-state index >= 15 is 0 Å². The fourth-order valence-corrected chi connectivity index (χ4v) is 1.97. The van der Waals surface area contributed by atoms with Gasteiger partial charge in [-0.1, -0.05) is 13.8 Å². The van der Waals surface area contributed by atoms with Gasteiger partial charge in [0.1, 0.15) is 6.54 Å². The van der Waals surface area contributed by atoms with Crippen LogP contribution in [0.25, 0.3) is 10.9 Å². The molecule has 1 N–H and O–H groups in total. The monoisotopic (exact) mass is 275 g/mol. The lowest BCUT2D eigenvalue weighted by Gasteiger charge is -2.09. The summed E-state index contributed by atoms with van der Waals surface area (Å²) in [7, 11) is 0. The lowest BCUT2D eigenvalue weighted by molar-refractivity contribution is -0.384. The van der Waals surface area contributed by atoms with E-state index in [0.717, 1.165) is 10.9 Å². The molecule has 0 fully saturated rings. The first-order chi connectivity index (χ1) is 9.47. The number of amides is 1. The van der Waals surface area contributed by atoms with Crippen LogP contribution < -0.4 is 5.32 Å². The molecule has 0 aliphatic rings. The third kappa shape index (κ3) is 3.14. The Morgan fingerprint density at radius 3 is 2.80 bits per heavy atom. The van der Waals surface area contributed by atoms with E-state index in [1.165, 1.54) is 12.1 Å². The zero-order valence-electron chi connectivity index (χ0n) is 11.5. The molecular weight excluding hydrogens is 258 g/mol. The molecule has 2 aromatic rings. The molecule has 0 spiro atoms. The Bertz CT molecular complexity index is 646. The molecule has 0 saturated carbocycles. The molecular formula is C14H17N3O3. The van der Waals surface area contributed by atoms with Gasteiger partial charge in [-0.25, -0.2) is 0 Å². The Morgan fingerprint density at radius 2 is 2.15 bits per heavy atom. The standard InChI is InChI=1S/C14H17N3O3/c1-10(2)8-15-14(18)9-16-6-5-11-7-12(17(19)20)3-4-13(11)16/h3-7,10H,8-9H2,1-2H3,(H,15,18). The molecule has 0 aliphatic carbocycles. The van der Waals surface area contributed by atoms with E-state index < -0.39 is 4.92 Å². The fourth-order valence-electron chi connectivity index (χ4n) is 1.97. The van der Waals surface area contributed by atoms with E-state index in [1.54, 1.807) is 22.9 Å². The molecule has 20 heavy (non-hydrogen) atoms. The molecule has 0 saturated heterocycles. The van der Waals surface area contributed by atoms with Crippen LogP contribution in [-0.4, -0.2) is 21.9 Å². The molecule has 0 atom stereocenters. The normalized spacial score (nSPS) is 10.9. The van der Waals surface area contributed by atoms with Gasteiger partial charge in [-0.05, 0) is 18.1 Å². The number of benzene rings is 1. The van der Waals surface area contributed by atoms with E-state index in [4.69, 9.17) is 0 Å². The van der Waals surface area contributed by atoms with Gasteiger partial charge in [0.25, 0.3) is 5.69 Å². The van der Waals surface area contributed by atoms with Crippen LogP contribution >= 0.6 is 0 Å². The number of aromatic nitrogens is 1. The molecule has 6 heteroatoms. The molecule has 0 aliphatic heterocycles. The van der Waals surface area contributed by atoms with Crippen LogP contribution in [-0.2, 0) is 11.3 Å². The molecule has 0 bridgehead atoms. The number of nitro groups is 1. The number of non-ortho nitro benzene ring substituents is 1. The smallest absolute Gasteiger partial charge is 0.270 e. The average molecular weight is 275 g/mol. The van der Waals surface area contributed by atoms with Gasteiger partial charge in [-0.2, -0.15) is 0 Å². The van der Waals surface area contributed by atoms with Gasteiger partial charge in [0.2, 0.25) is 5.91 Å². The second-order valence-corrected chi connectivity index (χ2v) is 5.14. The molecule has 0 unspecified atom stereocenters. The zero-order valence-corrected chi connectivity index (χ0v) is 11.5. The number of nitrogens with zero attached hydrogens (tertiary/aromatic N) is 2. The van der Waals surface area contributed by atoms with Crippen molar-refractivity contribution in [1.29, 1.82) is 0 Å². The summed E-state index contributed by atoms with van der Waals surface area (Å²) >= 11 is 0. The second-order valence-electron chi connectivity index (χ2n) is 5.14. The van der Waals surface area contributed by atoms with Crippen LogP contribution in [0.1, 0.15) is 13.8 Å². The van der Waals surface area contributed by atoms with Crippen molar-refractivity contribution >= 4 is 22.5 Å². The predicted molar refractivity (Wildman–Crippen MR) is 76.4 cm³/mol. The van der Waals surface area contributed by atoms with E-state index in [9.17, 15) is 14.9 Å². The zero-order chi connectivity index (χ0) is 14.7. The Balaban J connectivity index is 2.15. The van der Waals surface area contributed by atoms with E-state index in [-0.39, 0.29) is 18.1 Å². The van der Waals surface area contributed by atoms with Crippen LogP contribution in [0, 0.1) is 16.0 Å². The van der Waals surface area contributed by atoms with Crippen LogP contribution in [0.5, 0.6) is 0 Å². The van der Waals surface area contributed by atoms with Crippen molar-refractivity contribution in [2.45, 2.75) is 20.4 Å². The van der Waals surface area contributed by atoms with Crippen LogP contribution in [0.3, 0.4) is 0 Å². The van der Waals surface area contributed by atoms with Crippen molar-refractivity contribution in [3.63, 3.8) is 0 Å². The van der Waals surface area contributed by atoms with Gasteiger partial charge >= 0.3 is 0 Å². The fraction of sp³-hybridized carbons (Fsp3) is 0.357. The van der Waals surface area contributed by atoms with Crippen molar-refractivity contribution in [2.75, 3.05) is 6.54 Å². The van der Waals surface area contributed by atoms with Crippen molar-refractivity contribution in [1.82, 2.24) is 9.88 Å². The van der Waals surface area contributed by atoms with Gasteiger partial charge in [0.15, 0.2) is 0 Å². The maximum Gasteiger partial charge on any atom is 0.270 e. The summed E-state index contributed by atoms with van der Waals surface area (Å²) in [6, 6.07) is 6.41. The summed E-state index contributed by atoms with van der Waals surface area (Å²) in [6.07, 6.45) is 1.77. The van der Waals surface area contributed by atoms with Crippen molar-refractivity contribution in [3.05, 3.63) is 40.6 Å². The Hall–Kier alpha value is -2.37. The number of nitrogens with one attached hydrogen (secondary N) is 1. The lowest BCUT2D eigenvalue weighted by atomic mass is 10.2. The molecule has 6 nitrogen and oxygen atoms in total. The number of carbonyl (C=O) groups is 1. The topological polar surface area (TPSA) is 77.2 Å². The van der Waals surface area contributed by atoms with Crippen molar-refractivity contribution < 1.29 is 9.72 Å².